The maximum absolute atomic E-state index is 12.7. The van der Waals surface area contributed by atoms with Gasteiger partial charge in [-0.15, -0.1) is 0 Å². The van der Waals surface area contributed by atoms with Crippen molar-refractivity contribution in [3.63, 3.8) is 0 Å². The molecule has 1 aliphatic heterocycles. The molecule has 0 saturated heterocycles. The number of hydrogen-bond donors (Lipinski definition) is 1. The van der Waals surface area contributed by atoms with Gasteiger partial charge in [0.25, 0.3) is 5.91 Å². The highest BCUT2D eigenvalue weighted by Crippen LogP contribution is 2.32. The lowest BCUT2D eigenvalue weighted by Crippen LogP contribution is -2.17. The molecule has 7 heteroatoms. The number of halogens is 1. The first-order valence-corrected chi connectivity index (χ1v) is 10.4. The van der Waals surface area contributed by atoms with E-state index in [1.165, 1.54) is 0 Å². The van der Waals surface area contributed by atoms with Crippen LogP contribution in [0, 0.1) is 6.92 Å². The average molecular weight is 430 g/mol. The molecule has 26 heavy (non-hydrogen) atoms. The van der Waals surface area contributed by atoms with Crippen LogP contribution in [0.3, 0.4) is 0 Å². The van der Waals surface area contributed by atoms with E-state index < -0.39 is 10.8 Å². The Hall–Kier alpha value is -2.25. The van der Waals surface area contributed by atoms with E-state index in [4.69, 9.17) is 0 Å². The highest BCUT2D eigenvalue weighted by Gasteiger charge is 2.28. The van der Waals surface area contributed by atoms with Gasteiger partial charge in [-0.2, -0.15) is 5.10 Å². The van der Waals surface area contributed by atoms with E-state index in [0.29, 0.717) is 22.9 Å². The second kappa shape index (κ2) is 6.81. The Labute approximate surface area is 162 Å². The molecule has 132 valence electrons. The number of carbonyl (C=O) groups is 1. The van der Waals surface area contributed by atoms with Gasteiger partial charge in [-0.05, 0) is 42.8 Å². The minimum atomic E-state index is -0.964. The maximum Gasteiger partial charge on any atom is 0.256 e. The summed E-state index contributed by atoms with van der Waals surface area (Å²) >= 11 is 3.37. The number of nitrogens with one attached hydrogen (secondary N) is 1. The standard InChI is InChI=1S/C19H16BrN3O2S/c1-12-4-2-3-5-17(12)23-18(15-10-26(25)11-16(15)22-23)21-19(24)13-6-8-14(20)9-7-13/h2-9H,10-11H2,1H3,(H,21,24)/t26-/m1/s1. The molecule has 2 heterocycles. The Morgan fingerprint density at radius 1 is 1.15 bits per heavy atom. The van der Waals surface area contributed by atoms with Crippen molar-refractivity contribution < 1.29 is 9.00 Å². The molecule has 1 atom stereocenters. The van der Waals surface area contributed by atoms with E-state index in [1.807, 2.05) is 43.3 Å². The van der Waals surface area contributed by atoms with Gasteiger partial charge in [0.2, 0.25) is 0 Å². The highest BCUT2D eigenvalue weighted by molar-refractivity contribution is 9.10. The predicted molar refractivity (Wildman–Crippen MR) is 106 cm³/mol. The minimum Gasteiger partial charge on any atom is -0.306 e. The van der Waals surface area contributed by atoms with Crippen LogP contribution in [-0.2, 0) is 22.3 Å². The van der Waals surface area contributed by atoms with Crippen LogP contribution >= 0.6 is 15.9 Å². The summed E-state index contributed by atoms with van der Waals surface area (Å²) in [6.07, 6.45) is 0. The van der Waals surface area contributed by atoms with Crippen LogP contribution in [0.5, 0.6) is 0 Å². The molecule has 2 aromatic carbocycles. The number of hydrogen-bond acceptors (Lipinski definition) is 3. The first-order chi connectivity index (χ1) is 12.5. The summed E-state index contributed by atoms with van der Waals surface area (Å²) in [6.45, 7) is 2.00. The topological polar surface area (TPSA) is 64.0 Å². The summed E-state index contributed by atoms with van der Waals surface area (Å²) in [5.74, 6) is 1.23. The summed E-state index contributed by atoms with van der Waals surface area (Å²) in [7, 11) is -0.964. The molecule has 0 aliphatic carbocycles. The quantitative estimate of drug-likeness (QED) is 0.684. The number of benzene rings is 2. The smallest absolute Gasteiger partial charge is 0.256 e. The van der Waals surface area contributed by atoms with Gasteiger partial charge in [-0.25, -0.2) is 4.68 Å². The molecule has 4 rings (SSSR count). The van der Waals surface area contributed by atoms with E-state index in [1.54, 1.807) is 16.8 Å². The van der Waals surface area contributed by atoms with Crippen molar-refractivity contribution in [3.8, 4) is 5.69 Å². The van der Waals surface area contributed by atoms with Crippen molar-refractivity contribution in [3.05, 3.63) is 75.4 Å². The Bertz CT molecular complexity index is 1030. The Morgan fingerprint density at radius 2 is 1.88 bits per heavy atom. The lowest BCUT2D eigenvalue weighted by Gasteiger charge is -2.13. The number of nitrogens with zero attached hydrogens (tertiary/aromatic N) is 2. The number of anilines is 1. The Balaban J connectivity index is 1.77. The first kappa shape index (κ1) is 17.2. The lowest BCUT2D eigenvalue weighted by atomic mass is 10.2. The highest BCUT2D eigenvalue weighted by atomic mass is 79.9. The number of aryl methyl sites for hydroxylation is 1. The van der Waals surface area contributed by atoms with Crippen LogP contribution in [0.25, 0.3) is 5.69 Å². The van der Waals surface area contributed by atoms with Crippen LogP contribution in [0.15, 0.2) is 53.0 Å². The molecule has 0 spiro atoms. The summed E-state index contributed by atoms with van der Waals surface area (Å²) in [6, 6.07) is 15.0. The van der Waals surface area contributed by atoms with E-state index in [9.17, 15) is 9.00 Å². The monoisotopic (exact) mass is 429 g/mol. The van der Waals surface area contributed by atoms with Gasteiger partial charge in [-0.1, -0.05) is 34.1 Å². The van der Waals surface area contributed by atoms with Crippen LogP contribution in [0.4, 0.5) is 5.82 Å². The number of fused-ring (bicyclic) bond motifs is 1. The Morgan fingerprint density at radius 3 is 2.62 bits per heavy atom. The van der Waals surface area contributed by atoms with Crippen LogP contribution in [-0.4, -0.2) is 19.9 Å². The molecule has 0 saturated carbocycles. The van der Waals surface area contributed by atoms with Crippen LogP contribution < -0.4 is 5.32 Å². The molecular formula is C19H16BrN3O2S. The SMILES string of the molecule is Cc1ccccc1-n1nc2c(c1NC(=O)c1ccc(Br)cc1)C[S@@](=O)C2. The number of aromatic nitrogens is 2. The zero-order valence-electron chi connectivity index (χ0n) is 14.0. The summed E-state index contributed by atoms with van der Waals surface area (Å²) < 4.78 is 14.6. The fourth-order valence-electron chi connectivity index (χ4n) is 3.01. The largest absolute Gasteiger partial charge is 0.306 e. The second-order valence-electron chi connectivity index (χ2n) is 6.16. The fourth-order valence-corrected chi connectivity index (χ4v) is 4.54. The third-order valence-electron chi connectivity index (χ3n) is 4.35. The predicted octanol–water partition coefficient (Wildman–Crippen LogP) is 3.96. The maximum atomic E-state index is 12.7. The summed E-state index contributed by atoms with van der Waals surface area (Å²) in [4.78, 5) is 12.7. The zero-order chi connectivity index (χ0) is 18.3. The lowest BCUT2D eigenvalue weighted by molar-refractivity contribution is 0.102. The van der Waals surface area contributed by atoms with Crippen LogP contribution in [0.2, 0.25) is 0 Å². The fraction of sp³-hybridized carbons (Fsp3) is 0.158. The molecule has 1 aliphatic rings. The van der Waals surface area contributed by atoms with Crippen molar-refractivity contribution >= 4 is 38.5 Å². The molecule has 0 radical (unpaired) electrons. The normalized spacial score (nSPS) is 15.7. The van der Waals surface area contributed by atoms with Crippen molar-refractivity contribution in [2.45, 2.75) is 18.4 Å². The minimum absolute atomic E-state index is 0.215. The van der Waals surface area contributed by atoms with Gasteiger partial charge in [0.1, 0.15) is 5.82 Å². The molecular weight excluding hydrogens is 414 g/mol. The van der Waals surface area contributed by atoms with E-state index in [-0.39, 0.29) is 5.91 Å². The van der Waals surface area contributed by atoms with Gasteiger partial charge in [-0.3, -0.25) is 9.00 Å². The second-order valence-corrected chi connectivity index (χ2v) is 8.53. The molecule has 0 fully saturated rings. The molecule has 1 aromatic heterocycles. The van der Waals surface area contributed by atoms with Crippen molar-refractivity contribution in [1.82, 2.24) is 9.78 Å². The third kappa shape index (κ3) is 3.12. The van der Waals surface area contributed by atoms with Gasteiger partial charge >= 0.3 is 0 Å². The molecule has 1 N–H and O–H groups in total. The molecule has 3 aromatic rings. The van der Waals surface area contributed by atoms with Crippen molar-refractivity contribution in [2.24, 2.45) is 0 Å². The van der Waals surface area contributed by atoms with Gasteiger partial charge < -0.3 is 5.32 Å². The van der Waals surface area contributed by atoms with E-state index in [2.05, 4.69) is 26.3 Å². The number of rotatable bonds is 3. The molecule has 0 unspecified atom stereocenters. The van der Waals surface area contributed by atoms with Crippen LogP contribution in [0.1, 0.15) is 27.2 Å². The third-order valence-corrected chi connectivity index (χ3v) is 6.09. The first-order valence-electron chi connectivity index (χ1n) is 8.11. The van der Waals surface area contributed by atoms with E-state index in [0.717, 1.165) is 27.0 Å². The summed E-state index contributed by atoms with van der Waals surface area (Å²) in [5.41, 5.74) is 4.15. The summed E-state index contributed by atoms with van der Waals surface area (Å²) in [5, 5.41) is 7.62. The molecule has 0 bridgehead atoms. The molecule has 5 nitrogen and oxygen atoms in total. The van der Waals surface area contributed by atoms with Gasteiger partial charge in [0, 0.05) is 26.4 Å². The number of para-hydroxylation sites is 1. The van der Waals surface area contributed by atoms with Crippen molar-refractivity contribution in [1.29, 1.82) is 0 Å². The van der Waals surface area contributed by atoms with E-state index >= 15 is 0 Å². The Kier molecular flexibility index (Phi) is 4.50. The van der Waals surface area contributed by atoms with Gasteiger partial charge in [0.05, 0.1) is 22.9 Å². The van der Waals surface area contributed by atoms with Gasteiger partial charge in [0.15, 0.2) is 0 Å². The van der Waals surface area contributed by atoms with Crippen molar-refractivity contribution in [2.75, 3.05) is 5.32 Å². The molecule has 1 amide bonds. The number of carbonyl (C=O) groups excluding carboxylic acids is 1. The number of amides is 1. The average Bonchev–Trinajstić information content (AvgIpc) is 3.13. The zero-order valence-corrected chi connectivity index (χ0v) is 16.4.